The van der Waals surface area contributed by atoms with Gasteiger partial charge in [-0.1, -0.05) is 12.1 Å². The molecule has 1 aromatic carbocycles. The van der Waals surface area contributed by atoms with Crippen LogP contribution in [-0.2, 0) is 21.5 Å². The Hall–Kier alpha value is -1.44. The molecule has 6 nitrogen and oxygen atoms in total. The van der Waals surface area contributed by atoms with E-state index in [0.717, 1.165) is 11.1 Å². The minimum Gasteiger partial charge on any atom is -0.399 e. The Labute approximate surface area is 106 Å². The second-order valence-corrected chi connectivity index (χ2v) is 5.99. The lowest BCUT2D eigenvalue weighted by Crippen LogP contribution is -2.30. The molecule has 2 rings (SSSR count). The number of nitrogen functional groups attached to an aromatic ring is 1. The average molecular weight is 269 g/mol. The molecule has 98 valence electrons. The van der Waals surface area contributed by atoms with E-state index in [1.807, 2.05) is 13.0 Å². The molecule has 1 heterocycles. The molecule has 1 fully saturated rings. The largest absolute Gasteiger partial charge is 0.399 e. The minimum atomic E-state index is -3.56. The number of benzene rings is 1. The molecule has 0 radical (unpaired) electrons. The van der Waals surface area contributed by atoms with Gasteiger partial charge in [0.15, 0.2) is 0 Å². The van der Waals surface area contributed by atoms with Gasteiger partial charge in [0.2, 0.25) is 0 Å². The van der Waals surface area contributed by atoms with Crippen molar-refractivity contribution in [2.75, 3.05) is 12.3 Å². The third-order valence-electron chi connectivity index (χ3n) is 3.04. The van der Waals surface area contributed by atoms with Gasteiger partial charge in [0.05, 0.1) is 6.04 Å². The maximum absolute atomic E-state index is 11.8. The first-order chi connectivity index (χ1) is 8.44. The molecule has 1 aromatic rings. The van der Waals surface area contributed by atoms with Gasteiger partial charge in [0.25, 0.3) is 10.2 Å². The maximum atomic E-state index is 11.8. The van der Waals surface area contributed by atoms with E-state index in [1.165, 1.54) is 4.31 Å². The van der Waals surface area contributed by atoms with Crippen molar-refractivity contribution in [3.63, 3.8) is 0 Å². The van der Waals surface area contributed by atoms with Crippen LogP contribution in [0.5, 0.6) is 0 Å². The summed E-state index contributed by atoms with van der Waals surface area (Å²) in [7, 11) is -3.56. The van der Waals surface area contributed by atoms with Crippen molar-refractivity contribution in [3.8, 4) is 0 Å². The molecule has 3 N–H and O–H groups in total. The highest BCUT2D eigenvalue weighted by atomic mass is 32.2. The number of carbonyl (C=O) groups is 1. The predicted octanol–water partition coefficient (Wildman–Crippen LogP) is -0.205. The predicted molar refractivity (Wildman–Crippen MR) is 67.9 cm³/mol. The van der Waals surface area contributed by atoms with Crippen molar-refractivity contribution >= 4 is 22.2 Å². The second-order valence-electron chi connectivity index (χ2n) is 4.29. The van der Waals surface area contributed by atoms with Crippen LogP contribution in [0.15, 0.2) is 18.2 Å². The molecular formula is C11H15N3O3S. The molecule has 0 saturated carbocycles. The third-order valence-corrected chi connectivity index (χ3v) is 4.60. The van der Waals surface area contributed by atoms with Gasteiger partial charge in [-0.05, 0) is 24.1 Å². The lowest BCUT2D eigenvalue weighted by Gasteiger charge is -2.15. The van der Waals surface area contributed by atoms with E-state index in [-0.39, 0.29) is 13.1 Å². The Balaban J connectivity index is 2.24. The average Bonchev–Trinajstić information content (AvgIpc) is 2.60. The maximum Gasteiger partial charge on any atom is 0.280 e. The number of nitrogens with two attached hydrogens (primary N) is 1. The molecule has 0 aliphatic carbocycles. The molecule has 1 aliphatic rings. The van der Waals surface area contributed by atoms with Crippen molar-refractivity contribution in [2.24, 2.45) is 0 Å². The normalized spacial score (nSPS) is 23.1. The number of hydrogen-bond acceptors (Lipinski definition) is 4. The van der Waals surface area contributed by atoms with Crippen molar-refractivity contribution < 1.29 is 13.2 Å². The first kappa shape index (κ1) is 13.0. The van der Waals surface area contributed by atoms with Crippen molar-refractivity contribution in [3.05, 3.63) is 29.3 Å². The van der Waals surface area contributed by atoms with Gasteiger partial charge in [0, 0.05) is 18.8 Å². The second kappa shape index (κ2) is 4.68. The van der Waals surface area contributed by atoms with Gasteiger partial charge < -0.3 is 10.5 Å². The number of nitrogens with one attached hydrogen (secondary N) is 1. The van der Waals surface area contributed by atoms with Crippen molar-refractivity contribution in [2.45, 2.75) is 19.5 Å². The van der Waals surface area contributed by atoms with Crippen LogP contribution in [0.1, 0.15) is 11.1 Å². The molecule has 1 atom stereocenters. The summed E-state index contributed by atoms with van der Waals surface area (Å²) in [6.45, 7) is 2.22. The van der Waals surface area contributed by atoms with E-state index in [4.69, 9.17) is 5.73 Å². The Kier molecular flexibility index (Phi) is 3.38. The Morgan fingerprint density at radius 2 is 2.28 bits per heavy atom. The van der Waals surface area contributed by atoms with Gasteiger partial charge in [-0.2, -0.15) is 17.4 Å². The van der Waals surface area contributed by atoms with Crippen molar-refractivity contribution in [1.82, 2.24) is 9.03 Å². The molecular weight excluding hydrogens is 254 g/mol. The van der Waals surface area contributed by atoms with Gasteiger partial charge in [0.1, 0.15) is 6.29 Å². The zero-order valence-electron chi connectivity index (χ0n) is 9.96. The molecule has 18 heavy (non-hydrogen) atoms. The van der Waals surface area contributed by atoms with Crippen LogP contribution in [0.2, 0.25) is 0 Å². The van der Waals surface area contributed by atoms with E-state index in [1.54, 1.807) is 12.1 Å². The van der Waals surface area contributed by atoms with Crippen LogP contribution in [0, 0.1) is 6.92 Å². The Morgan fingerprint density at radius 3 is 2.89 bits per heavy atom. The number of aldehydes is 1. The van der Waals surface area contributed by atoms with Crippen molar-refractivity contribution in [1.29, 1.82) is 0 Å². The molecule has 1 saturated heterocycles. The lowest BCUT2D eigenvalue weighted by atomic mass is 10.1. The summed E-state index contributed by atoms with van der Waals surface area (Å²) in [6, 6.07) is 4.71. The van der Waals surface area contributed by atoms with Crippen LogP contribution < -0.4 is 10.5 Å². The summed E-state index contributed by atoms with van der Waals surface area (Å²) in [5.74, 6) is 0. The van der Waals surface area contributed by atoms with Crippen LogP contribution in [0.4, 0.5) is 5.69 Å². The molecule has 1 aliphatic heterocycles. The number of hydrogen-bond donors (Lipinski definition) is 2. The van der Waals surface area contributed by atoms with E-state index < -0.39 is 16.3 Å². The molecule has 0 bridgehead atoms. The Morgan fingerprint density at radius 1 is 1.56 bits per heavy atom. The summed E-state index contributed by atoms with van der Waals surface area (Å²) in [5, 5.41) is 0. The molecule has 1 unspecified atom stereocenters. The van der Waals surface area contributed by atoms with Gasteiger partial charge in [-0.15, -0.1) is 0 Å². The number of rotatable bonds is 3. The highest BCUT2D eigenvalue weighted by Crippen LogP contribution is 2.20. The number of anilines is 1. The SMILES string of the molecule is Cc1c(N)cccc1CN1CC(C=O)NS1(=O)=O. The smallest absolute Gasteiger partial charge is 0.280 e. The third kappa shape index (κ3) is 2.38. The molecule has 0 aromatic heterocycles. The van der Waals surface area contributed by atoms with E-state index >= 15 is 0 Å². The highest BCUT2D eigenvalue weighted by Gasteiger charge is 2.35. The Bertz CT molecular complexity index is 571. The monoisotopic (exact) mass is 269 g/mol. The molecule has 0 amide bonds. The summed E-state index contributed by atoms with van der Waals surface area (Å²) in [6.07, 6.45) is 0.601. The minimum absolute atomic E-state index is 0.153. The van der Waals surface area contributed by atoms with Crippen LogP contribution >= 0.6 is 0 Å². The highest BCUT2D eigenvalue weighted by molar-refractivity contribution is 7.87. The van der Waals surface area contributed by atoms with Crippen LogP contribution in [-0.4, -0.2) is 31.6 Å². The fourth-order valence-corrected chi connectivity index (χ4v) is 3.23. The fraction of sp³-hybridized carbons (Fsp3) is 0.364. The zero-order valence-corrected chi connectivity index (χ0v) is 10.8. The van der Waals surface area contributed by atoms with E-state index in [0.29, 0.717) is 12.0 Å². The fourth-order valence-electron chi connectivity index (χ4n) is 1.91. The quantitative estimate of drug-likeness (QED) is 0.587. The zero-order chi connectivity index (χ0) is 13.3. The summed E-state index contributed by atoms with van der Waals surface area (Å²) >= 11 is 0. The van der Waals surface area contributed by atoms with E-state index in [9.17, 15) is 13.2 Å². The summed E-state index contributed by atoms with van der Waals surface area (Å²) in [4.78, 5) is 10.6. The van der Waals surface area contributed by atoms with Crippen LogP contribution in [0.25, 0.3) is 0 Å². The summed E-state index contributed by atoms with van der Waals surface area (Å²) < 4.78 is 27.0. The number of carbonyl (C=O) groups excluding carboxylic acids is 1. The standard InChI is InChI=1S/C11H15N3O3S/c1-8-9(3-2-4-11(8)12)5-14-6-10(7-15)13-18(14,16)17/h2-4,7,10,13H,5-6,12H2,1H3. The first-order valence-electron chi connectivity index (χ1n) is 5.50. The number of nitrogens with zero attached hydrogens (tertiary/aromatic N) is 1. The van der Waals surface area contributed by atoms with Gasteiger partial charge in [-0.3, -0.25) is 0 Å². The first-order valence-corrected chi connectivity index (χ1v) is 6.94. The summed E-state index contributed by atoms with van der Waals surface area (Å²) in [5.41, 5.74) is 8.11. The van der Waals surface area contributed by atoms with E-state index in [2.05, 4.69) is 4.72 Å². The molecule has 0 spiro atoms. The van der Waals surface area contributed by atoms with Crippen LogP contribution in [0.3, 0.4) is 0 Å². The van der Waals surface area contributed by atoms with Gasteiger partial charge >= 0.3 is 0 Å². The topological polar surface area (TPSA) is 92.5 Å². The molecule has 7 heteroatoms. The van der Waals surface area contributed by atoms with Gasteiger partial charge in [-0.25, -0.2) is 0 Å². The lowest BCUT2D eigenvalue weighted by molar-refractivity contribution is -0.109.